The highest BCUT2D eigenvalue weighted by molar-refractivity contribution is 4.74. The van der Waals surface area contributed by atoms with Crippen LogP contribution in [0.1, 0.15) is 12.8 Å². The first-order chi connectivity index (χ1) is 6.88. The second-order valence-electron chi connectivity index (χ2n) is 3.60. The van der Waals surface area contributed by atoms with Gasteiger partial charge in [-0.3, -0.25) is 4.90 Å². The molecular weight excluding hydrogens is 182 g/mol. The van der Waals surface area contributed by atoms with Crippen molar-refractivity contribution < 1.29 is 14.6 Å². The summed E-state index contributed by atoms with van der Waals surface area (Å²) in [6, 6.07) is 0.561. The Morgan fingerprint density at radius 1 is 1.36 bits per heavy atom. The molecule has 1 fully saturated rings. The minimum Gasteiger partial charge on any atom is -0.395 e. The van der Waals surface area contributed by atoms with Crippen LogP contribution >= 0.6 is 0 Å². The van der Waals surface area contributed by atoms with Gasteiger partial charge in [0.2, 0.25) is 0 Å². The molecule has 14 heavy (non-hydrogen) atoms. The van der Waals surface area contributed by atoms with E-state index >= 15 is 0 Å². The Morgan fingerprint density at radius 2 is 2.07 bits per heavy atom. The standard InChI is InChI=1S/C10H21NO3/c1-13-9-5-11(4-6-12)10-2-7-14-8-3-10/h10,12H,2-9H2,1H3. The Bertz CT molecular complexity index is 137. The third-order valence-corrected chi connectivity index (χ3v) is 2.68. The largest absolute Gasteiger partial charge is 0.395 e. The Kier molecular flexibility index (Phi) is 6.10. The molecule has 0 aromatic heterocycles. The van der Waals surface area contributed by atoms with Crippen molar-refractivity contribution in [2.45, 2.75) is 18.9 Å². The molecule has 0 bridgehead atoms. The van der Waals surface area contributed by atoms with E-state index in [0.717, 1.165) is 45.8 Å². The molecule has 0 aliphatic carbocycles. The molecule has 1 saturated heterocycles. The highest BCUT2D eigenvalue weighted by Gasteiger charge is 2.20. The summed E-state index contributed by atoms with van der Waals surface area (Å²) >= 11 is 0. The maximum absolute atomic E-state index is 8.95. The summed E-state index contributed by atoms with van der Waals surface area (Å²) in [5.41, 5.74) is 0. The molecule has 1 rings (SSSR count). The van der Waals surface area contributed by atoms with Gasteiger partial charge in [-0.25, -0.2) is 0 Å². The second kappa shape index (κ2) is 7.17. The third-order valence-electron chi connectivity index (χ3n) is 2.68. The van der Waals surface area contributed by atoms with Crippen LogP contribution < -0.4 is 0 Å². The van der Waals surface area contributed by atoms with Gasteiger partial charge in [0.1, 0.15) is 0 Å². The van der Waals surface area contributed by atoms with E-state index in [1.54, 1.807) is 7.11 Å². The van der Waals surface area contributed by atoms with Crippen LogP contribution in [0.4, 0.5) is 0 Å². The first-order valence-electron chi connectivity index (χ1n) is 5.30. The van der Waals surface area contributed by atoms with Gasteiger partial charge in [0.15, 0.2) is 0 Å². The summed E-state index contributed by atoms with van der Waals surface area (Å²) in [6.07, 6.45) is 2.15. The lowest BCUT2D eigenvalue weighted by Crippen LogP contribution is -2.42. The molecule has 0 radical (unpaired) electrons. The Labute approximate surface area is 85.8 Å². The van der Waals surface area contributed by atoms with Crippen LogP contribution in [-0.2, 0) is 9.47 Å². The van der Waals surface area contributed by atoms with E-state index < -0.39 is 0 Å². The van der Waals surface area contributed by atoms with Gasteiger partial charge in [0, 0.05) is 39.5 Å². The van der Waals surface area contributed by atoms with Crippen molar-refractivity contribution in [1.82, 2.24) is 4.90 Å². The number of hydrogen-bond acceptors (Lipinski definition) is 4. The average molecular weight is 203 g/mol. The van der Waals surface area contributed by atoms with Crippen molar-refractivity contribution in [3.8, 4) is 0 Å². The van der Waals surface area contributed by atoms with Gasteiger partial charge in [-0.15, -0.1) is 0 Å². The van der Waals surface area contributed by atoms with Gasteiger partial charge in [-0.2, -0.15) is 0 Å². The summed E-state index contributed by atoms with van der Waals surface area (Å²) in [6.45, 7) is 4.30. The van der Waals surface area contributed by atoms with Crippen molar-refractivity contribution in [3.63, 3.8) is 0 Å². The zero-order valence-corrected chi connectivity index (χ0v) is 8.95. The molecule has 1 aliphatic rings. The minimum atomic E-state index is 0.223. The van der Waals surface area contributed by atoms with Crippen LogP contribution in [0, 0.1) is 0 Å². The van der Waals surface area contributed by atoms with E-state index in [4.69, 9.17) is 14.6 Å². The van der Waals surface area contributed by atoms with E-state index in [0.29, 0.717) is 6.04 Å². The molecule has 1 heterocycles. The number of ether oxygens (including phenoxy) is 2. The van der Waals surface area contributed by atoms with Crippen molar-refractivity contribution in [2.24, 2.45) is 0 Å². The van der Waals surface area contributed by atoms with Crippen molar-refractivity contribution in [2.75, 3.05) is 46.6 Å². The maximum atomic E-state index is 8.95. The van der Waals surface area contributed by atoms with Gasteiger partial charge in [0.25, 0.3) is 0 Å². The third kappa shape index (κ3) is 3.92. The topological polar surface area (TPSA) is 41.9 Å². The molecule has 0 aromatic carbocycles. The smallest absolute Gasteiger partial charge is 0.0589 e. The molecular formula is C10H21NO3. The van der Waals surface area contributed by atoms with Crippen LogP contribution in [0.25, 0.3) is 0 Å². The van der Waals surface area contributed by atoms with Gasteiger partial charge < -0.3 is 14.6 Å². The SMILES string of the molecule is COCCN(CCO)C1CCOCC1. The molecule has 4 nitrogen and oxygen atoms in total. The molecule has 0 saturated carbocycles. The van der Waals surface area contributed by atoms with E-state index in [1.807, 2.05) is 0 Å². The number of rotatable bonds is 6. The maximum Gasteiger partial charge on any atom is 0.0589 e. The Balaban J connectivity index is 2.30. The lowest BCUT2D eigenvalue weighted by molar-refractivity contribution is 0.0186. The molecule has 0 unspecified atom stereocenters. The van der Waals surface area contributed by atoms with Crippen molar-refractivity contribution >= 4 is 0 Å². The Morgan fingerprint density at radius 3 is 2.64 bits per heavy atom. The molecule has 0 aromatic rings. The van der Waals surface area contributed by atoms with Crippen LogP contribution in [0.15, 0.2) is 0 Å². The highest BCUT2D eigenvalue weighted by atomic mass is 16.5. The number of hydrogen-bond donors (Lipinski definition) is 1. The lowest BCUT2D eigenvalue weighted by atomic mass is 10.1. The lowest BCUT2D eigenvalue weighted by Gasteiger charge is -2.33. The van der Waals surface area contributed by atoms with Crippen LogP contribution in [0.5, 0.6) is 0 Å². The van der Waals surface area contributed by atoms with Crippen LogP contribution in [-0.4, -0.2) is 62.7 Å². The zero-order valence-electron chi connectivity index (χ0n) is 8.95. The number of nitrogens with zero attached hydrogens (tertiary/aromatic N) is 1. The zero-order chi connectivity index (χ0) is 10.2. The summed E-state index contributed by atoms with van der Waals surface area (Å²) in [4.78, 5) is 2.30. The minimum absolute atomic E-state index is 0.223. The van der Waals surface area contributed by atoms with Gasteiger partial charge in [-0.05, 0) is 12.8 Å². The number of methoxy groups -OCH3 is 1. The van der Waals surface area contributed by atoms with Gasteiger partial charge in [0.05, 0.1) is 13.2 Å². The normalized spacial score (nSPS) is 19.1. The summed E-state index contributed by atoms with van der Waals surface area (Å²) < 4.78 is 10.4. The fourth-order valence-electron chi connectivity index (χ4n) is 1.86. The quantitative estimate of drug-likeness (QED) is 0.665. The average Bonchev–Trinajstić information content (AvgIpc) is 2.25. The molecule has 0 atom stereocenters. The molecule has 84 valence electrons. The van der Waals surface area contributed by atoms with Crippen molar-refractivity contribution in [1.29, 1.82) is 0 Å². The first kappa shape index (κ1) is 11.9. The van der Waals surface area contributed by atoms with Gasteiger partial charge in [-0.1, -0.05) is 0 Å². The number of aliphatic hydroxyl groups excluding tert-OH is 1. The summed E-state index contributed by atoms with van der Waals surface area (Å²) in [7, 11) is 1.71. The first-order valence-corrected chi connectivity index (χ1v) is 5.30. The Hall–Kier alpha value is -0.160. The fraction of sp³-hybridized carbons (Fsp3) is 1.00. The number of aliphatic hydroxyl groups is 1. The van der Waals surface area contributed by atoms with E-state index in [1.165, 1.54) is 0 Å². The van der Waals surface area contributed by atoms with E-state index in [9.17, 15) is 0 Å². The van der Waals surface area contributed by atoms with Gasteiger partial charge >= 0.3 is 0 Å². The van der Waals surface area contributed by atoms with Crippen LogP contribution in [0.2, 0.25) is 0 Å². The molecule has 0 amide bonds. The second-order valence-corrected chi connectivity index (χ2v) is 3.60. The van der Waals surface area contributed by atoms with Crippen LogP contribution in [0.3, 0.4) is 0 Å². The highest BCUT2D eigenvalue weighted by Crippen LogP contribution is 2.13. The van der Waals surface area contributed by atoms with E-state index in [2.05, 4.69) is 4.90 Å². The fourth-order valence-corrected chi connectivity index (χ4v) is 1.86. The predicted molar refractivity (Wildman–Crippen MR) is 54.4 cm³/mol. The molecule has 4 heteroatoms. The van der Waals surface area contributed by atoms with E-state index in [-0.39, 0.29) is 6.61 Å². The summed E-state index contributed by atoms with van der Waals surface area (Å²) in [5.74, 6) is 0. The monoisotopic (exact) mass is 203 g/mol. The van der Waals surface area contributed by atoms with Crippen molar-refractivity contribution in [3.05, 3.63) is 0 Å². The predicted octanol–water partition coefficient (Wildman–Crippen LogP) is 0.106. The molecule has 1 N–H and O–H groups in total. The molecule has 1 aliphatic heterocycles. The molecule has 0 spiro atoms. The summed E-state index contributed by atoms with van der Waals surface area (Å²) in [5, 5.41) is 8.95.